The first-order valence-corrected chi connectivity index (χ1v) is 10.1. The summed E-state index contributed by atoms with van der Waals surface area (Å²) in [4.78, 5) is 12.5. The van der Waals surface area contributed by atoms with E-state index in [1.165, 1.54) is 0 Å². The molecule has 0 aliphatic rings. The molecule has 0 saturated carbocycles. The molecule has 31 heavy (non-hydrogen) atoms. The molecule has 0 saturated heterocycles. The zero-order valence-electron chi connectivity index (χ0n) is 17.7. The number of methoxy groups -OCH3 is 1. The van der Waals surface area contributed by atoms with E-state index in [1.54, 1.807) is 25.5 Å². The number of hydrogen-bond acceptors (Lipinski definition) is 5. The Hall–Kier alpha value is -3.80. The van der Waals surface area contributed by atoms with E-state index in [2.05, 4.69) is 24.4 Å². The van der Waals surface area contributed by atoms with E-state index in [0.717, 1.165) is 21.7 Å². The molecule has 158 valence electrons. The van der Waals surface area contributed by atoms with Crippen molar-refractivity contribution in [3.8, 4) is 11.5 Å². The number of carbonyl (C=O) groups excluding carboxylic acids is 1. The van der Waals surface area contributed by atoms with Gasteiger partial charge in [0.1, 0.15) is 5.58 Å². The summed E-state index contributed by atoms with van der Waals surface area (Å²) < 4.78 is 16.9. The smallest absolute Gasteiger partial charge is 0.307 e. The fourth-order valence-electron chi connectivity index (χ4n) is 3.27. The summed E-state index contributed by atoms with van der Waals surface area (Å²) in [6.07, 6.45) is 1.55. The van der Waals surface area contributed by atoms with Gasteiger partial charge in [0.25, 0.3) is 0 Å². The molecule has 0 bridgehead atoms. The lowest BCUT2D eigenvalue weighted by Crippen LogP contribution is -2.16. The number of carbonyl (C=O) groups is 1. The molecule has 1 amide bonds. The number of fused-ring (bicyclic) bond motifs is 3. The Bertz CT molecular complexity index is 1260. The van der Waals surface area contributed by atoms with Crippen LogP contribution in [0.5, 0.6) is 11.5 Å². The van der Waals surface area contributed by atoms with Gasteiger partial charge in [0.2, 0.25) is 0 Å². The number of benzene rings is 3. The molecule has 4 rings (SSSR count). The molecule has 4 aromatic rings. The average molecular weight is 416 g/mol. The number of nitrogens with zero attached hydrogens (tertiary/aromatic N) is 1. The zero-order chi connectivity index (χ0) is 21.8. The lowest BCUT2D eigenvalue weighted by atomic mass is 10.1. The minimum Gasteiger partial charge on any atom is -0.493 e. The monoisotopic (exact) mass is 416 g/mol. The van der Waals surface area contributed by atoms with Gasteiger partial charge in [-0.05, 0) is 52.6 Å². The summed E-state index contributed by atoms with van der Waals surface area (Å²) in [6.45, 7) is 4.77. The van der Waals surface area contributed by atoms with E-state index in [-0.39, 0.29) is 5.76 Å². The molecule has 0 aliphatic heterocycles. The summed E-state index contributed by atoms with van der Waals surface area (Å²) in [7, 11) is 1.59. The summed E-state index contributed by atoms with van der Waals surface area (Å²) in [6, 6.07) is 19.0. The fourth-order valence-corrected chi connectivity index (χ4v) is 3.27. The Kier molecular flexibility index (Phi) is 5.89. The minimum absolute atomic E-state index is 0.207. The van der Waals surface area contributed by atoms with Crippen molar-refractivity contribution in [1.82, 2.24) is 5.43 Å². The Morgan fingerprint density at radius 2 is 1.90 bits per heavy atom. The molecule has 0 unspecified atom stereocenters. The van der Waals surface area contributed by atoms with E-state index >= 15 is 0 Å². The van der Waals surface area contributed by atoms with Crippen LogP contribution in [-0.4, -0.2) is 25.8 Å². The molecular weight excluding hydrogens is 392 g/mol. The van der Waals surface area contributed by atoms with Gasteiger partial charge in [-0.3, -0.25) is 4.79 Å². The van der Waals surface area contributed by atoms with Gasteiger partial charge in [-0.2, -0.15) is 5.10 Å². The maximum Gasteiger partial charge on any atom is 0.307 e. The van der Waals surface area contributed by atoms with E-state index in [0.29, 0.717) is 29.6 Å². The highest BCUT2D eigenvalue weighted by Gasteiger charge is 2.13. The van der Waals surface area contributed by atoms with Gasteiger partial charge < -0.3 is 13.9 Å². The van der Waals surface area contributed by atoms with Crippen LogP contribution in [0, 0.1) is 5.92 Å². The third-order valence-electron chi connectivity index (χ3n) is 4.79. The van der Waals surface area contributed by atoms with E-state index in [9.17, 15) is 4.79 Å². The minimum atomic E-state index is -0.416. The summed E-state index contributed by atoms with van der Waals surface area (Å²) in [5.74, 6) is 1.49. The molecule has 0 radical (unpaired) electrons. The van der Waals surface area contributed by atoms with Gasteiger partial charge in [0.05, 0.1) is 19.9 Å². The van der Waals surface area contributed by atoms with Crippen molar-refractivity contribution in [3.05, 3.63) is 72.0 Å². The Balaban J connectivity index is 1.47. The van der Waals surface area contributed by atoms with Gasteiger partial charge in [0, 0.05) is 5.39 Å². The molecule has 0 atom stereocenters. The second-order valence-electron chi connectivity index (χ2n) is 7.62. The first-order valence-electron chi connectivity index (χ1n) is 10.1. The lowest BCUT2D eigenvalue weighted by molar-refractivity contribution is 0.0929. The van der Waals surface area contributed by atoms with Crippen LogP contribution in [0.4, 0.5) is 0 Å². The number of hydrogen-bond donors (Lipinski definition) is 1. The Morgan fingerprint density at radius 3 is 2.71 bits per heavy atom. The summed E-state index contributed by atoms with van der Waals surface area (Å²) in [5.41, 5.74) is 3.94. The average Bonchev–Trinajstić information content (AvgIpc) is 3.23. The maximum atomic E-state index is 12.5. The van der Waals surface area contributed by atoms with E-state index < -0.39 is 5.91 Å². The molecular formula is C25H24N2O4. The molecule has 6 nitrogen and oxygen atoms in total. The second kappa shape index (κ2) is 8.92. The number of ether oxygens (including phenoxy) is 2. The zero-order valence-corrected chi connectivity index (χ0v) is 17.7. The van der Waals surface area contributed by atoms with Crippen molar-refractivity contribution in [2.75, 3.05) is 13.7 Å². The Morgan fingerprint density at radius 1 is 1.06 bits per heavy atom. The summed E-state index contributed by atoms with van der Waals surface area (Å²) >= 11 is 0. The van der Waals surface area contributed by atoms with Crippen LogP contribution in [0.25, 0.3) is 21.7 Å². The van der Waals surface area contributed by atoms with Gasteiger partial charge >= 0.3 is 5.91 Å². The van der Waals surface area contributed by atoms with Crippen molar-refractivity contribution in [3.63, 3.8) is 0 Å². The highest BCUT2D eigenvalue weighted by Crippen LogP contribution is 2.29. The molecule has 1 N–H and O–H groups in total. The fraction of sp³-hybridized carbons (Fsp3) is 0.200. The second-order valence-corrected chi connectivity index (χ2v) is 7.62. The van der Waals surface area contributed by atoms with Crippen molar-refractivity contribution in [2.24, 2.45) is 11.0 Å². The standard InChI is InChI=1S/C25H24N2O4/c1-16(2)15-30-22-10-8-17(12-23(22)29-3)14-26-27-25(28)24-13-20-19-7-5-4-6-18(19)9-11-21(20)31-24/h4-14,16H,15H2,1-3H3,(H,27,28)/b26-14+. The molecule has 1 aromatic heterocycles. The molecule has 1 heterocycles. The predicted octanol–water partition coefficient (Wildman–Crippen LogP) is 5.39. The molecule has 0 aliphatic carbocycles. The number of rotatable bonds is 7. The van der Waals surface area contributed by atoms with Crippen LogP contribution >= 0.6 is 0 Å². The number of amides is 1. The van der Waals surface area contributed by atoms with Crippen molar-refractivity contribution in [1.29, 1.82) is 0 Å². The largest absolute Gasteiger partial charge is 0.493 e. The van der Waals surface area contributed by atoms with Gasteiger partial charge in [0.15, 0.2) is 17.3 Å². The highest BCUT2D eigenvalue weighted by atomic mass is 16.5. The molecule has 6 heteroatoms. The van der Waals surface area contributed by atoms with E-state index in [4.69, 9.17) is 13.9 Å². The van der Waals surface area contributed by atoms with Crippen molar-refractivity contribution >= 4 is 33.9 Å². The quantitative estimate of drug-likeness (QED) is 0.324. The molecule has 0 spiro atoms. The molecule has 0 fully saturated rings. The van der Waals surface area contributed by atoms with Crippen LogP contribution in [0.1, 0.15) is 30.0 Å². The van der Waals surface area contributed by atoms with Gasteiger partial charge in [-0.15, -0.1) is 0 Å². The summed E-state index contributed by atoms with van der Waals surface area (Å²) in [5, 5.41) is 7.08. The van der Waals surface area contributed by atoms with Gasteiger partial charge in [-0.1, -0.05) is 44.2 Å². The Labute approximate surface area is 180 Å². The van der Waals surface area contributed by atoms with Crippen LogP contribution in [0.3, 0.4) is 0 Å². The topological polar surface area (TPSA) is 73.1 Å². The van der Waals surface area contributed by atoms with Crippen LogP contribution in [0.15, 0.2) is 70.2 Å². The van der Waals surface area contributed by atoms with Gasteiger partial charge in [-0.25, -0.2) is 5.43 Å². The van der Waals surface area contributed by atoms with Crippen LogP contribution in [0.2, 0.25) is 0 Å². The van der Waals surface area contributed by atoms with Crippen LogP contribution in [-0.2, 0) is 0 Å². The van der Waals surface area contributed by atoms with Crippen LogP contribution < -0.4 is 14.9 Å². The number of hydrazone groups is 1. The number of nitrogens with one attached hydrogen (secondary N) is 1. The van der Waals surface area contributed by atoms with Crippen molar-refractivity contribution < 1.29 is 18.7 Å². The maximum absolute atomic E-state index is 12.5. The number of furan rings is 1. The first kappa shape index (κ1) is 20.5. The third kappa shape index (κ3) is 4.53. The lowest BCUT2D eigenvalue weighted by Gasteiger charge is -2.12. The SMILES string of the molecule is COc1cc(/C=N/NC(=O)c2cc3c(ccc4ccccc43)o2)ccc1OCC(C)C. The predicted molar refractivity (Wildman–Crippen MR) is 122 cm³/mol. The van der Waals surface area contributed by atoms with E-state index in [1.807, 2.05) is 48.5 Å². The first-order chi connectivity index (χ1) is 15.0. The molecule has 3 aromatic carbocycles. The highest BCUT2D eigenvalue weighted by molar-refractivity contribution is 6.08. The third-order valence-corrected chi connectivity index (χ3v) is 4.79. The van der Waals surface area contributed by atoms with Crippen molar-refractivity contribution in [2.45, 2.75) is 13.8 Å². The normalized spacial score (nSPS) is 11.5.